The van der Waals surface area contributed by atoms with Gasteiger partial charge in [-0.3, -0.25) is 4.79 Å². The van der Waals surface area contributed by atoms with Crippen LogP contribution in [0.15, 0.2) is 37.1 Å². The van der Waals surface area contributed by atoms with E-state index >= 15 is 0 Å². The third-order valence-corrected chi connectivity index (χ3v) is 0.838. The molecule has 0 aromatic carbocycles. The molecular weight excluding hydrogens is 186 g/mol. The summed E-state index contributed by atoms with van der Waals surface area (Å²) < 4.78 is 0. The number of carbonyl (C=O) groups is 1. The summed E-state index contributed by atoms with van der Waals surface area (Å²) in [5.74, 6) is -0.104. The van der Waals surface area contributed by atoms with Gasteiger partial charge in [-0.2, -0.15) is 0 Å². The molecule has 15 heavy (non-hydrogen) atoms. The predicted octanol–water partition coefficient (Wildman–Crippen LogP) is 3.82. The molecule has 0 saturated carbocycles. The van der Waals surface area contributed by atoms with Crippen LogP contribution < -0.4 is 5.32 Å². The fourth-order valence-electron chi connectivity index (χ4n) is 0.491. The van der Waals surface area contributed by atoms with E-state index in [4.69, 9.17) is 0 Å². The molecular formula is C13H25NO. The number of amides is 1. The summed E-state index contributed by atoms with van der Waals surface area (Å²) >= 11 is 0. The van der Waals surface area contributed by atoms with Gasteiger partial charge in [0, 0.05) is 12.6 Å². The maximum atomic E-state index is 10.5. The van der Waals surface area contributed by atoms with Crippen LogP contribution in [0, 0.1) is 0 Å². The molecule has 0 heterocycles. The maximum Gasteiger partial charge on any atom is 0.221 e. The normalized spacial score (nSPS) is 8.47. The lowest BCUT2D eigenvalue weighted by molar-refractivity contribution is -0.118. The average Bonchev–Trinajstić information content (AvgIpc) is 2.21. The van der Waals surface area contributed by atoms with Crippen LogP contribution in [0.2, 0.25) is 0 Å². The van der Waals surface area contributed by atoms with Crippen molar-refractivity contribution in [2.45, 2.75) is 41.0 Å². The Kier molecular flexibility index (Phi) is 23.8. The highest BCUT2D eigenvalue weighted by Crippen LogP contribution is 1.89. The van der Waals surface area contributed by atoms with Crippen molar-refractivity contribution >= 4 is 5.91 Å². The number of carbonyl (C=O) groups excluding carboxylic acids is 1. The highest BCUT2D eigenvalue weighted by Gasteiger charge is 1.90. The van der Waals surface area contributed by atoms with Crippen molar-refractivity contribution in [2.75, 3.05) is 0 Å². The van der Waals surface area contributed by atoms with Gasteiger partial charge < -0.3 is 5.32 Å². The molecule has 0 unspecified atom stereocenters. The minimum atomic E-state index is -0.104. The molecule has 0 aliphatic heterocycles. The van der Waals surface area contributed by atoms with Gasteiger partial charge in [-0.05, 0) is 12.2 Å². The summed E-state index contributed by atoms with van der Waals surface area (Å²) in [6.07, 6.45) is 6.07. The summed E-state index contributed by atoms with van der Waals surface area (Å²) in [6, 6.07) is 0. The van der Waals surface area contributed by atoms with Crippen molar-refractivity contribution in [1.29, 1.82) is 0 Å². The molecule has 0 saturated heterocycles. The molecule has 0 bridgehead atoms. The van der Waals surface area contributed by atoms with E-state index in [1.807, 2.05) is 13.8 Å². The van der Waals surface area contributed by atoms with Crippen LogP contribution in [0.3, 0.4) is 0 Å². The maximum absolute atomic E-state index is 10.5. The monoisotopic (exact) mass is 211 g/mol. The Labute approximate surface area is 94.8 Å². The van der Waals surface area contributed by atoms with Crippen LogP contribution in [0.25, 0.3) is 0 Å². The first-order valence-electron chi connectivity index (χ1n) is 5.35. The number of allylic oxidation sites excluding steroid dienone is 3. The van der Waals surface area contributed by atoms with Crippen LogP contribution >= 0.6 is 0 Å². The molecule has 0 fully saturated rings. The molecule has 0 atom stereocenters. The zero-order valence-corrected chi connectivity index (χ0v) is 10.8. The highest BCUT2D eigenvalue weighted by atomic mass is 16.1. The molecule has 0 spiro atoms. The fraction of sp³-hybridized carbons (Fsp3) is 0.462. The topological polar surface area (TPSA) is 29.1 Å². The Balaban J connectivity index is -0.000000245. The lowest BCUT2D eigenvalue weighted by Gasteiger charge is -1.98. The molecule has 0 aromatic rings. The Hall–Kier alpha value is -1.31. The first kappa shape index (κ1) is 19.3. The van der Waals surface area contributed by atoms with Crippen LogP contribution in [0.4, 0.5) is 0 Å². The zero-order chi connectivity index (χ0) is 12.7. The Morgan fingerprint density at radius 2 is 1.67 bits per heavy atom. The van der Waals surface area contributed by atoms with E-state index in [1.165, 1.54) is 13.3 Å². The van der Waals surface area contributed by atoms with E-state index < -0.39 is 0 Å². The van der Waals surface area contributed by atoms with Gasteiger partial charge in [0.05, 0.1) is 0 Å². The van der Waals surface area contributed by atoms with Gasteiger partial charge >= 0.3 is 0 Å². The summed E-state index contributed by atoms with van der Waals surface area (Å²) in [5.41, 5.74) is 0.669. The van der Waals surface area contributed by atoms with Crippen LogP contribution in [-0.4, -0.2) is 5.91 Å². The average molecular weight is 211 g/mol. The summed E-state index contributed by atoms with van der Waals surface area (Å²) in [6.45, 7) is 16.7. The van der Waals surface area contributed by atoms with E-state index in [0.717, 1.165) is 0 Å². The minimum Gasteiger partial charge on any atom is -0.326 e. The molecule has 2 nitrogen and oxygen atoms in total. The largest absolute Gasteiger partial charge is 0.326 e. The number of rotatable bonds is 3. The Morgan fingerprint density at radius 3 is 1.87 bits per heavy atom. The molecule has 2 heteroatoms. The lowest BCUT2D eigenvalue weighted by Crippen LogP contribution is -2.17. The second-order valence-electron chi connectivity index (χ2n) is 2.45. The Bertz CT molecular complexity index is 193. The van der Waals surface area contributed by atoms with Gasteiger partial charge in [0.25, 0.3) is 0 Å². The van der Waals surface area contributed by atoms with E-state index in [-0.39, 0.29) is 5.91 Å². The first-order chi connectivity index (χ1) is 7.12. The van der Waals surface area contributed by atoms with Gasteiger partial charge in [0.2, 0.25) is 5.91 Å². The lowest BCUT2D eigenvalue weighted by atomic mass is 10.4. The summed E-state index contributed by atoms with van der Waals surface area (Å²) in [4.78, 5) is 10.5. The van der Waals surface area contributed by atoms with Crippen molar-refractivity contribution in [1.82, 2.24) is 5.32 Å². The molecule has 0 aliphatic carbocycles. The molecule has 0 aliphatic rings. The Morgan fingerprint density at radius 1 is 1.27 bits per heavy atom. The van der Waals surface area contributed by atoms with Gasteiger partial charge in [0.15, 0.2) is 0 Å². The molecule has 0 radical (unpaired) electrons. The molecule has 88 valence electrons. The van der Waals surface area contributed by atoms with Crippen LogP contribution in [0.5, 0.6) is 0 Å². The second kappa shape index (κ2) is 18.5. The highest BCUT2D eigenvalue weighted by molar-refractivity contribution is 5.75. The minimum absolute atomic E-state index is 0.104. The number of nitrogens with one attached hydrogen (secondary N) is 1. The van der Waals surface area contributed by atoms with Crippen molar-refractivity contribution in [3.63, 3.8) is 0 Å². The van der Waals surface area contributed by atoms with Gasteiger partial charge in [-0.15, -0.1) is 0 Å². The van der Waals surface area contributed by atoms with Gasteiger partial charge in [-0.1, -0.05) is 53.3 Å². The SMILES string of the molecule is C=C/C=C(\C=C)NC(C)=O.CC.CCC. The van der Waals surface area contributed by atoms with Crippen molar-refractivity contribution < 1.29 is 4.79 Å². The van der Waals surface area contributed by atoms with E-state index in [0.29, 0.717) is 5.70 Å². The first-order valence-corrected chi connectivity index (χ1v) is 5.35. The van der Waals surface area contributed by atoms with Crippen LogP contribution in [0.1, 0.15) is 41.0 Å². The van der Waals surface area contributed by atoms with Gasteiger partial charge in [-0.25, -0.2) is 0 Å². The molecule has 0 aromatic heterocycles. The predicted molar refractivity (Wildman–Crippen MR) is 69.6 cm³/mol. The zero-order valence-electron chi connectivity index (χ0n) is 10.8. The van der Waals surface area contributed by atoms with Gasteiger partial charge in [0.1, 0.15) is 0 Å². The third kappa shape index (κ3) is 24.5. The smallest absolute Gasteiger partial charge is 0.221 e. The number of hydrogen-bond donors (Lipinski definition) is 1. The third-order valence-electron chi connectivity index (χ3n) is 0.838. The van der Waals surface area contributed by atoms with Crippen LogP contribution in [-0.2, 0) is 4.79 Å². The standard InChI is InChI=1S/C8H11NO.C3H8.C2H6/c1-4-6-8(5-2)9-7(3)10;1-3-2;1-2/h4-6H,1-2H2,3H3,(H,9,10);3H2,1-2H3;1-2H3/b8-6+;;. The summed E-state index contributed by atoms with van der Waals surface area (Å²) in [5, 5.41) is 2.56. The van der Waals surface area contributed by atoms with Crippen molar-refractivity contribution in [2.24, 2.45) is 0 Å². The number of hydrogen-bond acceptors (Lipinski definition) is 1. The quantitative estimate of drug-likeness (QED) is 0.706. The van der Waals surface area contributed by atoms with E-state index in [2.05, 4.69) is 32.3 Å². The fourth-order valence-corrected chi connectivity index (χ4v) is 0.491. The van der Waals surface area contributed by atoms with Crippen molar-refractivity contribution in [3.05, 3.63) is 37.1 Å². The molecule has 0 rings (SSSR count). The summed E-state index contributed by atoms with van der Waals surface area (Å²) in [7, 11) is 0. The molecule has 1 N–H and O–H groups in total. The van der Waals surface area contributed by atoms with Crippen molar-refractivity contribution in [3.8, 4) is 0 Å². The van der Waals surface area contributed by atoms with E-state index in [9.17, 15) is 4.79 Å². The second-order valence-corrected chi connectivity index (χ2v) is 2.45. The molecule has 1 amide bonds. The van der Waals surface area contributed by atoms with E-state index in [1.54, 1.807) is 18.2 Å².